The minimum absolute atomic E-state index is 0.0971. The molecule has 4 heteroatoms. The Morgan fingerprint density at radius 1 is 0.920 bits per heavy atom. The van der Waals surface area contributed by atoms with Gasteiger partial charge in [0.25, 0.3) is 0 Å². The van der Waals surface area contributed by atoms with E-state index in [2.05, 4.69) is 20.8 Å². The van der Waals surface area contributed by atoms with Crippen LogP contribution in [0.1, 0.15) is 84.3 Å². The lowest BCUT2D eigenvalue weighted by Crippen LogP contribution is -2.16. The van der Waals surface area contributed by atoms with Gasteiger partial charge in [0.1, 0.15) is 0 Å². The van der Waals surface area contributed by atoms with Crippen LogP contribution in [0.3, 0.4) is 0 Å². The van der Waals surface area contributed by atoms with Crippen LogP contribution in [0.2, 0.25) is 0 Å². The molecule has 1 aromatic carbocycles. The molecule has 0 radical (unpaired) electrons. The van der Waals surface area contributed by atoms with E-state index in [1.54, 1.807) is 0 Å². The Kier molecular flexibility index (Phi) is 8.14. The van der Waals surface area contributed by atoms with Crippen molar-refractivity contribution in [1.29, 1.82) is 0 Å². The number of hydrogen-bond acceptors (Lipinski definition) is 4. The van der Waals surface area contributed by atoms with Crippen molar-refractivity contribution < 1.29 is 19.1 Å². The van der Waals surface area contributed by atoms with Crippen molar-refractivity contribution in [2.75, 3.05) is 0 Å². The van der Waals surface area contributed by atoms with Crippen LogP contribution in [0.5, 0.6) is 11.5 Å². The first kappa shape index (κ1) is 21.2. The number of aryl methyl sites for hydroxylation is 1. The van der Waals surface area contributed by atoms with Gasteiger partial charge >= 0.3 is 11.9 Å². The highest BCUT2D eigenvalue weighted by Gasteiger charge is 2.22. The van der Waals surface area contributed by atoms with Gasteiger partial charge in [0.15, 0.2) is 11.5 Å². The molecular formula is C21H32O4. The Morgan fingerprint density at radius 2 is 1.44 bits per heavy atom. The van der Waals surface area contributed by atoms with Gasteiger partial charge in [-0.2, -0.15) is 0 Å². The predicted molar refractivity (Wildman–Crippen MR) is 100 cm³/mol. The molecule has 0 saturated heterocycles. The molecule has 1 aromatic rings. The quantitative estimate of drug-likeness (QED) is 0.461. The number of ether oxygens (including phenoxy) is 2. The van der Waals surface area contributed by atoms with Crippen molar-refractivity contribution in [2.24, 2.45) is 0 Å². The molecule has 0 bridgehead atoms. The van der Waals surface area contributed by atoms with E-state index in [1.165, 1.54) is 0 Å². The number of carbonyl (C=O) groups is 2. The van der Waals surface area contributed by atoms with Crippen molar-refractivity contribution in [3.8, 4) is 11.5 Å². The molecule has 0 aromatic heterocycles. The van der Waals surface area contributed by atoms with Gasteiger partial charge in [-0.1, -0.05) is 53.5 Å². The second kappa shape index (κ2) is 9.59. The fourth-order valence-corrected chi connectivity index (χ4v) is 2.36. The summed E-state index contributed by atoms with van der Waals surface area (Å²) >= 11 is 0. The Morgan fingerprint density at radius 3 is 1.92 bits per heavy atom. The lowest BCUT2D eigenvalue weighted by atomic mass is 9.86. The third-order valence-corrected chi connectivity index (χ3v) is 4.02. The summed E-state index contributed by atoms with van der Waals surface area (Å²) in [6.45, 7) is 12.2. The van der Waals surface area contributed by atoms with Crippen LogP contribution in [0.4, 0.5) is 0 Å². The molecule has 25 heavy (non-hydrogen) atoms. The molecule has 4 nitrogen and oxygen atoms in total. The van der Waals surface area contributed by atoms with Crippen LogP contribution in [-0.4, -0.2) is 11.9 Å². The van der Waals surface area contributed by atoms with Gasteiger partial charge in [0, 0.05) is 12.8 Å². The van der Waals surface area contributed by atoms with Crippen LogP contribution < -0.4 is 9.47 Å². The van der Waals surface area contributed by atoms with Gasteiger partial charge < -0.3 is 9.47 Å². The summed E-state index contributed by atoms with van der Waals surface area (Å²) in [5.74, 6) is 0.118. The first-order chi connectivity index (χ1) is 11.7. The Bertz CT molecular complexity index is 597. The molecule has 0 heterocycles. The van der Waals surface area contributed by atoms with Crippen molar-refractivity contribution in [3.05, 3.63) is 23.3 Å². The molecule has 0 aliphatic heterocycles. The van der Waals surface area contributed by atoms with E-state index in [9.17, 15) is 9.59 Å². The molecule has 1 rings (SSSR count). The fraction of sp³-hybridized carbons (Fsp3) is 0.619. The number of benzene rings is 1. The van der Waals surface area contributed by atoms with E-state index in [1.807, 2.05) is 32.9 Å². The molecule has 0 atom stereocenters. The zero-order valence-electron chi connectivity index (χ0n) is 16.5. The number of esters is 2. The summed E-state index contributed by atoms with van der Waals surface area (Å²) in [5.41, 5.74) is 1.74. The SMILES string of the molecule is CCCCC(=O)Oc1cc(C(C)(C)C)cc(C)c1OC(=O)CCCC. The minimum Gasteiger partial charge on any atom is -0.422 e. The second-order valence-corrected chi connectivity index (χ2v) is 7.53. The van der Waals surface area contributed by atoms with Crippen molar-refractivity contribution >= 4 is 11.9 Å². The average Bonchev–Trinajstić information content (AvgIpc) is 2.52. The molecule has 0 aliphatic rings. The fourth-order valence-electron chi connectivity index (χ4n) is 2.36. The van der Waals surface area contributed by atoms with Crippen LogP contribution in [0, 0.1) is 6.92 Å². The van der Waals surface area contributed by atoms with E-state index in [0.29, 0.717) is 24.3 Å². The Labute approximate surface area is 151 Å². The first-order valence-electron chi connectivity index (χ1n) is 9.25. The van der Waals surface area contributed by atoms with E-state index in [0.717, 1.165) is 36.8 Å². The molecule has 0 spiro atoms. The smallest absolute Gasteiger partial charge is 0.311 e. The summed E-state index contributed by atoms with van der Waals surface area (Å²) in [6.07, 6.45) is 4.13. The average molecular weight is 348 g/mol. The van der Waals surface area contributed by atoms with Gasteiger partial charge in [0.05, 0.1) is 0 Å². The van der Waals surface area contributed by atoms with E-state index in [-0.39, 0.29) is 17.4 Å². The normalized spacial score (nSPS) is 11.3. The maximum absolute atomic E-state index is 12.1. The van der Waals surface area contributed by atoms with Gasteiger partial charge in [-0.25, -0.2) is 0 Å². The maximum Gasteiger partial charge on any atom is 0.311 e. The third kappa shape index (κ3) is 6.89. The molecule has 0 fully saturated rings. The van der Waals surface area contributed by atoms with Crippen molar-refractivity contribution in [3.63, 3.8) is 0 Å². The molecule has 0 unspecified atom stereocenters. The van der Waals surface area contributed by atoms with E-state index >= 15 is 0 Å². The minimum atomic E-state index is -0.293. The third-order valence-electron chi connectivity index (χ3n) is 4.02. The van der Waals surface area contributed by atoms with Crippen molar-refractivity contribution in [1.82, 2.24) is 0 Å². The van der Waals surface area contributed by atoms with E-state index < -0.39 is 0 Å². The highest BCUT2D eigenvalue weighted by atomic mass is 16.6. The van der Waals surface area contributed by atoms with E-state index in [4.69, 9.17) is 9.47 Å². The van der Waals surface area contributed by atoms with Crippen LogP contribution >= 0.6 is 0 Å². The number of hydrogen-bond donors (Lipinski definition) is 0. The topological polar surface area (TPSA) is 52.6 Å². The van der Waals surface area contributed by atoms with Crippen LogP contribution in [0.25, 0.3) is 0 Å². The lowest BCUT2D eigenvalue weighted by molar-refractivity contribution is -0.137. The van der Waals surface area contributed by atoms with Crippen molar-refractivity contribution in [2.45, 2.75) is 85.5 Å². The van der Waals surface area contributed by atoms with Gasteiger partial charge in [-0.3, -0.25) is 9.59 Å². The standard InChI is InChI=1S/C21H32O4/c1-7-9-11-18(22)24-17-14-16(21(4,5)6)13-15(3)20(17)25-19(23)12-10-8-2/h13-14H,7-12H2,1-6H3. The van der Waals surface area contributed by atoms with Crippen LogP contribution in [-0.2, 0) is 15.0 Å². The highest BCUT2D eigenvalue weighted by molar-refractivity contribution is 5.77. The lowest BCUT2D eigenvalue weighted by Gasteiger charge is -2.22. The highest BCUT2D eigenvalue weighted by Crippen LogP contribution is 2.37. The molecular weight excluding hydrogens is 316 g/mol. The molecule has 140 valence electrons. The predicted octanol–water partition coefficient (Wildman–Crippen LogP) is 5.48. The Balaban J connectivity index is 3.14. The number of carbonyl (C=O) groups excluding carboxylic acids is 2. The molecule has 0 saturated carbocycles. The molecule has 0 amide bonds. The Hall–Kier alpha value is -1.84. The summed E-state index contributed by atoms with van der Waals surface area (Å²) in [4.78, 5) is 24.1. The largest absolute Gasteiger partial charge is 0.422 e. The summed E-state index contributed by atoms with van der Waals surface area (Å²) < 4.78 is 11.1. The second-order valence-electron chi connectivity index (χ2n) is 7.53. The number of rotatable bonds is 8. The zero-order chi connectivity index (χ0) is 19.0. The molecule has 0 aliphatic carbocycles. The van der Waals surface area contributed by atoms with Gasteiger partial charge in [-0.15, -0.1) is 0 Å². The molecule has 0 N–H and O–H groups in total. The number of unbranched alkanes of at least 4 members (excludes halogenated alkanes) is 2. The monoisotopic (exact) mass is 348 g/mol. The summed E-state index contributed by atoms with van der Waals surface area (Å²) in [5, 5.41) is 0. The maximum atomic E-state index is 12.1. The summed E-state index contributed by atoms with van der Waals surface area (Å²) in [6, 6.07) is 3.81. The van der Waals surface area contributed by atoms with Gasteiger partial charge in [-0.05, 0) is 42.4 Å². The first-order valence-corrected chi connectivity index (χ1v) is 9.25. The van der Waals surface area contributed by atoms with Gasteiger partial charge in [0.2, 0.25) is 0 Å². The van der Waals surface area contributed by atoms with Crippen LogP contribution in [0.15, 0.2) is 12.1 Å². The summed E-state index contributed by atoms with van der Waals surface area (Å²) in [7, 11) is 0. The zero-order valence-corrected chi connectivity index (χ0v) is 16.5.